The van der Waals surface area contributed by atoms with Gasteiger partial charge in [0.1, 0.15) is 18.0 Å². The van der Waals surface area contributed by atoms with Crippen LogP contribution in [0.4, 0.5) is 5.69 Å². The Bertz CT molecular complexity index is 2020. The van der Waals surface area contributed by atoms with Gasteiger partial charge in [-0.3, -0.25) is 4.21 Å². The molecule has 1 heterocycles. The van der Waals surface area contributed by atoms with Crippen molar-refractivity contribution >= 4 is 51.3 Å². The molecule has 1 atom stereocenters. The monoisotopic (exact) mass is 682 g/mol. The maximum absolute atomic E-state index is 12.4. The number of aliphatic hydroxyl groups is 2. The summed E-state index contributed by atoms with van der Waals surface area (Å²) in [5, 5.41) is 21.5. The Labute approximate surface area is 284 Å². The van der Waals surface area contributed by atoms with E-state index in [9.17, 15) is 19.0 Å². The van der Waals surface area contributed by atoms with Crippen LogP contribution in [0.25, 0.3) is 33.4 Å². The Morgan fingerprint density at radius 2 is 1.47 bits per heavy atom. The topological polar surface area (TPSA) is 100.0 Å². The number of hydrogen-bond acceptors (Lipinski definition) is 8. The zero-order chi connectivity index (χ0) is 32.6. The SMILES string of the molecule is O=S([O-])c1ccccc1-c1c2cc/c(=[N+](\CCO)CSc3ccccc3)cc-2oc2cc(N(CCO)CSc3ccccc3)ccc12. The van der Waals surface area contributed by atoms with Gasteiger partial charge in [-0.1, -0.05) is 66.4 Å². The number of hydrogen-bond donors (Lipinski definition) is 2. The first-order valence-electron chi connectivity index (χ1n) is 15.2. The maximum Gasteiger partial charge on any atom is 0.204 e. The van der Waals surface area contributed by atoms with Gasteiger partial charge in [-0.15, -0.1) is 11.8 Å². The summed E-state index contributed by atoms with van der Waals surface area (Å²) < 4.78 is 33.5. The molecule has 47 heavy (non-hydrogen) atoms. The van der Waals surface area contributed by atoms with Crippen molar-refractivity contribution < 1.29 is 23.4 Å². The predicted octanol–water partition coefficient (Wildman–Crippen LogP) is 6.51. The fourth-order valence-electron chi connectivity index (χ4n) is 5.49. The number of benzene rings is 5. The molecule has 1 aliphatic heterocycles. The van der Waals surface area contributed by atoms with E-state index < -0.39 is 11.1 Å². The first-order valence-corrected chi connectivity index (χ1v) is 18.2. The summed E-state index contributed by atoms with van der Waals surface area (Å²) in [6, 6.07) is 39.0. The van der Waals surface area contributed by atoms with Crippen molar-refractivity contribution in [2.24, 2.45) is 0 Å². The molecular weight excluding hydrogens is 649 g/mol. The summed E-state index contributed by atoms with van der Waals surface area (Å²) in [6.07, 6.45) is 0. The molecule has 0 aromatic heterocycles. The van der Waals surface area contributed by atoms with E-state index in [4.69, 9.17) is 4.42 Å². The molecule has 0 fully saturated rings. The van der Waals surface area contributed by atoms with Crippen molar-refractivity contribution in [3.63, 3.8) is 0 Å². The highest BCUT2D eigenvalue weighted by Gasteiger charge is 2.22. The molecule has 4 aromatic rings. The third kappa shape index (κ3) is 7.81. The number of nitrogens with zero attached hydrogens (tertiary/aromatic N) is 2. The third-order valence-corrected chi connectivity index (χ3v) is 10.6. The number of aliphatic hydroxyl groups excluding tert-OH is 2. The molecular formula is C37H34N2O5S3. The van der Waals surface area contributed by atoms with Crippen LogP contribution in [0.5, 0.6) is 0 Å². The molecule has 2 aliphatic rings. The van der Waals surface area contributed by atoms with Gasteiger partial charge < -0.3 is 24.1 Å². The molecule has 0 bridgehead atoms. The highest BCUT2D eigenvalue weighted by molar-refractivity contribution is 7.99. The van der Waals surface area contributed by atoms with E-state index >= 15 is 0 Å². The first kappa shape index (κ1) is 33.0. The van der Waals surface area contributed by atoms with Crippen LogP contribution in [0, 0.1) is 0 Å². The molecule has 6 rings (SSSR count). The van der Waals surface area contributed by atoms with E-state index in [0.29, 0.717) is 41.7 Å². The van der Waals surface area contributed by atoms with Gasteiger partial charge in [0.2, 0.25) is 5.36 Å². The van der Waals surface area contributed by atoms with Crippen molar-refractivity contribution in [2.75, 3.05) is 43.0 Å². The predicted molar refractivity (Wildman–Crippen MR) is 191 cm³/mol. The third-order valence-electron chi connectivity index (χ3n) is 7.76. The van der Waals surface area contributed by atoms with Crippen molar-refractivity contribution in [2.45, 2.75) is 14.7 Å². The van der Waals surface area contributed by atoms with E-state index in [1.165, 1.54) is 0 Å². The average Bonchev–Trinajstić information content (AvgIpc) is 3.11. The highest BCUT2D eigenvalue weighted by Crippen LogP contribution is 2.42. The van der Waals surface area contributed by atoms with Crippen LogP contribution in [0.3, 0.4) is 0 Å². The molecule has 10 heteroatoms. The lowest BCUT2D eigenvalue weighted by atomic mass is 9.93. The molecule has 1 aliphatic carbocycles. The van der Waals surface area contributed by atoms with Crippen molar-refractivity contribution in [1.29, 1.82) is 0 Å². The van der Waals surface area contributed by atoms with Gasteiger partial charge in [0, 0.05) is 55.6 Å². The van der Waals surface area contributed by atoms with Gasteiger partial charge in [0.15, 0.2) is 12.4 Å². The van der Waals surface area contributed by atoms with Crippen molar-refractivity contribution in [1.82, 2.24) is 4.58 Å². The van der Waals surface area contributed by atoms with E-state index in [1.54, 1.807) is 35.7 Å². The van der Waals surface area contributed by atoms with Crippen molar-refractivity contribution in [3.05, 3.63) is 127 Å². The molecule has 0 amide bonds. The minimum absolute atomic E-state index is 0.0127. The summed E-state index contributed by atoms with van der Waals surface area (Å²) in [5.41, 5.74) is 3.60. The molecule has 240 valence electrons. The number of anilines is 1. The Morgan fingerprint density at radius 3 is 2.17 bits per heavy atom. The Kier molecular flexibility index (Phi) is 11.1. The van der Waals surface area contributed by atoms with Crippen LogP contribution < -0.4 is 14.8 Å². The standard InChI is InChI=1S/C37H34N2O5S3/c40-21-19-38(25-45-29-9-3-1-4-10-29)27-15-17-31-34(23-27)44-35-24-28(39(20-22-41)26-46-30-11-5-2-6-12-30)16-18-32(35)37(31)33-13-7-8-14-36(33)47(42)43/h1-18,23-24,40-41H,19-22,25-26H2. The van der Waals surface area contributed by atoms with E-state index in [-0.39, 0.29) is 18.1 Å². The average molecular weight is 683 g/mol. The minimum atomic E-state index is -2.46. The van der Waals surface area contributed by atoms with Crippen LogP contribution in [0.2, 0.25) is 0 Å². The zero-order valence-electron chi connectivity index (χ0n) is 25.5. The molecule has 1 unspecified atom stereocenters. The molecule has 7 nitrogen and oxygen atoms in total. The van der Waals surface area contributed by atoms with Gasteiger partial charge in [-0.2, -0.15) is 0 Å². The molecule has 0 saturated heterocycles. The Hall–Kier alpha value is -3.90. The van der Waals surface area contributed by atoms with Crippen LogP contribution in [0.1, 0.15) is 0 Å². The number of rotatable bonds is 13. The maximum atomic E-state index is 12.4. The van der Waals surface area contributed by atoms with Gasteiger partial charge in [0.25, 0.3) is 0 Å². The van der Waals surface area contributed by atoms with E-state index in [0.717, 1.165) is 37.3 Å². The van der Waals surface area contributed by atoms with Crippen LogP contribution in [0.15, 0.2) is 140 Å². The largest absolute Gasteiger partial charge is 0.768 e. The summed E-state index contributed by atoms with van der Waals surface area (Å²) >= 11 is 0.898. The lowest BCUT2D eigenvalue weighted by Gasteiger charge is -2.25. The van der Waals surface area contributed by atoms with Gasteiger partial charge in [-0.25, -0.2) is 4.58 Å². The second kappa shape index (κ2) is 15.8. The van der Waals surface area contributed by atoms with Gasteiger partial charge >= 0.3 is 0 Å². The van der Waals surface area contributed by atoms with E-state index in [1.807, 2.05) is 84.9 Å². The number of thioether (sulfide) groups is 2. The molecule has 2 N–H and O–H groups in total. The fourth-order valence-corrected chi connectivity index (χ4v) is 7.89. The summed E-state index contributed by atoms with van der Waals surface area (Å²) in [4.78, 5) is 4.55. The molecule has 0 radical (unpaired) electrons. The molecule has 4 aromatic carbocycles. The second-order valence-electron chi connectivity index (χ2n) is 10.7. The lowest BCUT2D eigenvalue weighted by molar-refractivity contribution is 0.286. The fraction of sp³-hybridized carbons (Fsp3) is 0.162. The zero-order valence-corrected chi connectivity index (χ0v) is 28.0. The normalized spacial score (nSPS) is 12.7. The van der Waals surface area contributed by atoms with Gasteiger partial charge in [0.05, 0.1) is 18.6 Å². The Morgan fingerprint density at radius 1 is 0.766 bits per heavy atom. The van der Waals surface area contributed by atoms with Crippen LogP contribution in [-0.2, 0) is 11.1 Å². The Balaban J connectivity index is 1.51. The minimum Gasteiger partial charge on any atom is -0.768 e. The van der Waals surface area contributed by atoms with E-state index in [2.05, 4.69) is 33.7 Å². The summed E-state index contributed by atoms with van der Waals surface area (Å²) in [7, 11) is 0. The second-order valence-corrected chi connectivity index (χ2v) is 13.7. The van der Waals surface area contributed by atoms with Crippen molar-refractivity contribution in [3.8, 4) is 22.5 Å². The molecule has 0 saturated carbocycles. The van der Waals surface area contributed by atoms with Crippen LogP contribution >= 0.6 is 23.5 Å². The summed E-state index contributed by atoms with van der Waals surface area (Å²) in [5.74, 6) is 1.83. The first-order chi connectivity index (χ1) is 23.1. The van der Waals surface area contributed by atoms with Crippen LogP contribution in [-0.4, -0.2) is 57.0 Å². The quantitative estimate of drug-likeness (QED) is 0.0468. The van der Waals surface area contributed by atoms with Gasteiger partial charge in [-0.05, 0) is 65.2 Å². The smallest absolute Gasteiger partial charge is 0.204 e. The lowest BCUT2D eigenvalue weighted by Crippen LogP contribution is -2.32. The number of fused-ring (bicyclic) bond motifs is 2. The molecule has 0 spiro atoms. The summed E-state index contributed by atoms with van der Waals surface area (Å²) in [6.45, 7) is 0.842. The highest BCUT2D eigenvalue weighted by atomic mass is 32.2.